The van der Waals surface area contributed by atoms with Crippen LogP contribution >= 0.6 is 0 Å². The van der Waals surface area contributed by atoms with Gasteiger partial charge in [0.15, 0.2) is 17.9 Å². The van der Waals surface area contributed by atoms with Crippen molar-refractivity contribution < 1.29 is 20.1 Å². The molecule has 0 bridgehead atoms. The maximum atomic E-state index is 10.3. The van der Waals surface area contributed by atoms with Crippen molar-refractivity contribution in [1.82, 2.24) is 9.97 Å². The van der Waals surface area contributed by atoms with Crippen LogP contribution in [0.3, 0.4) is 0 Å². The maximum Gasteiger partial charge on any atom is 0.162 e. The van der Waals surface area contributed by atoms with Crippen LogP contribution in [0.4, 0.5) is 17.3 Å². The summed E-state index contributed by atoms with van der Waals surface area (Å²) in [6, 6.07) is 0.414. The number of ether oxygens (including phenoxy) is 1. The Hall–Kier alpha value is -1.68. The molecule has 0 unspecified atom stereocenters. The maximum absolute atomic E-state index is 10.3. The second kappa shape index (κ2) is 6.91. The lowest BCUT2D eigenvalue weighted by atomic mass is 9.95. The quantitative estimate of drug-likeness (QED) is 0.504. The van der Waals surface area contributed by atoms with Crippen LogP contribution in [0.1, 0.15) is 32.1 Å². The highest BCUT2D eigenvalue weighted by molar-refractivity contribution is 5.81. The standard InChI is InChI=1S/C16H25N5O4/c22-6-10-12(23)13(24)16(25-10)21-8-19-11-14(17-7-18-15(11)21)20-9-4-2-1-3-5-9/h7,9-10,12-13,16,19,22-24H,1-6,8H2,(H,17,18,20)/t10-,12-,13-,16-/m1/s1. The van der Waals surface area contributed by atoms with E-state index < -0.39 is 24.5 Å². The minimum Gasteiger partial charge on any atom is -0.394 e. The molecule has 9 heteroatoms. The second-order valence-corrected chi connectivity index (χ2v) is 6.93. The van der Waals surface area contributed by atoms with E-state index in [1.165, 1.54) is 25.6 Å². The van der Waals surface area contributed by atoms with Crippen LogP contribution in [0.25, 0.3) is 0 Å². The first-order valence-corrected chi connectivity index (χ1v) is 8.93. The van der Waals surface area contributed by atoms with E-state index in [9.17, 15) is 15.3 Å². The predicted molar refractivity (Wildman–Crippen MR) is 91.3 cm³/mol. The lowest BCUT2D eigenvalue weighted by Gasteiger charge is -2.27. The fourth-order valence-corrected chi connectivity index (χ4v) is 3.89. The van der Waals surface area contributed by atoms with Crippen molar-refractivity contribution in [3.8, 4) is 0 Å². The van der Waals surface area contributed by atoms with Gasteiger partial charge in [0, 0.05) is 6.04 Å². The molecule has 0 spiro atoms. The second-order valence-electron chi connectivity index (χ2n) is 6.93. The average Bonchev–Trinajstić information content (AvgIpc) is 3.18. The summed E-state index contributed by atoms with van der Waals surface area (Å²) < 4.78 is 5.62. The molecule has 3 heterocycles. The monoisotopic (exact) mass is 351 g/mol. The number of rotatable bonds is 4. The zero-order chi connectivity index (χ0) is 17.4. The first kappa shape index (κ1) is 16.8. The van der Waals surface area contributed by atoms with Crippen LogP contribution in [-0.2, 0) is 4.74 Å². The van der Waals surface area contributed by atoms with Crippen LogP contribution in [0.5, 0.6) is 0 Å². The van der Waals surface area contributed by atoms with Gasteiger partial charge in [-0.2, -0.15) is 0 Å². The third-order valence-electron chi connectivity index (χ3n) is 5.30. The highest BCUT2D eigenvalue weighted by Gasteiger charge is 2.47. The summed E-state index contributed by atoms with van der Waals surface area (Å²) in [7, 11) is 0. The Morgan fingerprint density at radius 3 is 2.72 bits per heavy atom. The van der Waals surface area contributed by atoms with Gasteiger partial charge in [-0.15, -0.1) is 0 Å². The van der Waals surface area contributed by atoms with Gasteiger partial charge in [-0.1, -0.05) is 19.3 Å². The highest BCUT2D eigenvalue weighted by atomic mass is 16.6. The zero-order valence-electron chi connectivity index (χ0n) is 14.0. The molecule has 4 atom stereocenters. The average molecular weight is 351 g/mol. The molecule has 4 rings (SSSR count). The molecule has 1 saturated heterocycles. The van der Waals surface area contributed by atoms with Crippen LogP contribution in [-0.4, -0.2) is 69.1 Å². The Bertz CT molecular complexity index is 612. The van der Waals surface area contributed by atoms with Gasteiger partial charge in [-0.3, -0.25) is 0 Å². The summed E-state index contributed by atoms with van der Waals surface area (Å²) in [4.78, 5) is 10.4. The molecule has 5 N–H and O–H groups in total. The molecule has 25 heavy (non-hydrogen) atoms. The summed E-state index contributed by atoms with van der Waals surface area (Å²) in [5, 5.41) is 36.3. The van der Waals surface area contributed by atoms with Gasteiger partial charge in [-0.25, -0.2) is 9.97 Å². The molecule has 0 aromatic carbocycles. The number of nitrogens with one attached hydrogen (secondary N) is 2. The first-order chi connectivity index (χ1) is 12.2. The summed E-state index contributed by atoms with van der Waals surface area (Å²) >= 11 is 0. The van der Waals surface area contributed by atoms with Crippen molar-refractivity contribution >= 4 is 17.3 Å². The van der Waals surface area contributed by atoms with Crippen molar-refractivity contribution in [2.45, 2.75) is 62.7 Å². The third kappa shape index (κ3) is 3.01. The van der Waals surface area contributed by atoms with Gasteiger partial charge < -0.3 is 35.6 Å². The first-order valence-electron chi connectivity index (χ1n) is 8.93. The van der Waals surface area contributed by atoms with E-state index in [2.05, 4.69) is 20.6 Å². The van der Waals surface area contributed by atoms with E-state index in [0.717, 1.165) is 24.3 Å². The van der Waals surface area contributed by atoms with Gasteiger partial charge in [-0.05, 0) is 12.8 Å². The van der Waals surface area contributed by atoms with E-state index in [0.29, 0.717) is 18.5 Å². The normalized spacial score (nSPS) is 32.5. The van der Waals surface area contributed by atoms with Crippen LogP contribution in [0.2, 0.25) is 0 Å². The van der Waals surface area contributed by atoms with Crippen LogP contribution < -0.4 is 15.5 Å². The molecule has 1 aromatic rings. The van der Waals surface area contributed by atoms with Gasteiger partial charge in [0.25, 0.3) is 0 Å². The van der Waals surface area contributed by atoms with Gasteiger partial charge in [0.2, 0.25) is 0 Å². The summed E-state index contributed by atoms with van der Waals surface area (Å²) in [5.74, 6) is 1.38. The summed E-state index contributed by atoms with van der Waals surface area (Å²) in [5.41, 5.74) is 0.783. The Balaban J connectivity index is 1.54. The van der Waals surface area contributed by atoms with E-state index in [4.69, 9.17) is 4.74 Å². The molecular formula is C16H25N5O4. The van der Waals surface area contributed by atoms with Gasteiger partial charge in [0.1, 0.15) is 30.3 Å². The molecule has 0 amide bonds. The minimum absolute atomic E-state index is 0.346. The fraction of sp³-hybridized carbons (Fsp3) is 0.750. The molecule has 3 aliphatic rings. The van der Waals surface area contributed by atoms with Crippen LogP contribution in [0.15, 0.2) is 6.33 Å². The van der Waals surface area contributed by atoms with Crippen molar-refractivity contribution in [1.29, 1.82) is 0 Å². The van der Waals surface area contributed by atoms with Crippen molar-refractivity contribution in [2.75, 3.05) is 28.8 Å². The van der Waals surface area contributed by atoms with E-state index in [-0.39, 0.29) is 6.61 Å². The van der Waals surface area contributed by atoms with Crippen LogP contribution in [0, 0.1) is 0 Å². The molecule has 9 nitrogen and oxygen atoms in total. The summed E-state index contributed by atoms with van der Waals surface area (Å²) in [6.45, 7) is 0.0427. The van der Waals surface area contributed by atoms with Gasteiger partial charge in [0.05, 0.1) is 13.3 Å². The number of nitrogens with zero attached hydrogens (tertiary/aromatic N) is 3. The number of aromatic nitrogens is 2. The molecule has 1 aliphatic carbocycles. The molecule has 2 fully saturated rings. The fourth-order valence-electron chi connectivity index (χ4n) is 3.89. The van der Waals surface area contributed by atoms with E-state index in [1.807, 2.05) is 0 Å². The molecule has 0 radical (unpaired) electrons. The van der Waals surface area contributed by atoms with E-state index in [1.54, 1.807) is 4.90 Å². The van der Waals surface area contributed by atoms with Crippen molar-refractivity contribution in [3.63, 3.8) is 0 Å². The molecule has 138 valence electrons. The SMILES string of the molecule is OC[C@H]1O[C@@H](N2CNc3c(NC4CCCCC4)ncnc32)[C@H](O)[C@@H]1O. The molecule has 2 aliphatic heterocycles. The molecule has 1 aromatic heterocycles. The van der Waals surface area contributed by atoms with E-state index >= 15 is 0 Å². The number of fused-ring (bicyclic) bond motifs is 1. The Labute approximate surface area is 146 Å². The molecular weight excluding hydrogens is 326 g/mol. The number of hydrogen-bond acceptors (Lipinski definition) is 9. The number of hydrogen-bond donors (Lipinski definition) is 5. The smallest absolute Gasteiger partial charge is 0.162 e. The summed E-state index contributed by atoms with van der Waals surface area (Å²) in [6.07, 6.45) is 3.71. The van der Waals surface area contributed by atoms with Gasteiger partial charge >= 0.3 is 0 Å². The minimum atomic E-state index is -1.12. The Morgan fingerprint density at radius 1 is 1.20 bits per heavy atom. The lowest BCUT2D eigenvalue weighted by molar-refractivity contribution is -0.0219. The van der Waals surface area contributed by atoms with Crippen molar-refractivity contribution in [2.24, 2.45) is 0 Å². The third-order valence-corrected chi connectivity index (χ3v) is 5.30. The number of aliphatic hydroxyl groups excluding tert-OH is 3. The van der Waals surface area contributed by atoms with Crippen molar-refractivity contribution in [3.05, 3.63) is 6.33 Å². The Kier molecular flexibility index (Phi) is 4.63. The highest BCUT2D eigenvalue weighted by Crippen LogP contribution is 2.39. The zero-order valence-corrected chi connectivity index (χ0v) is 14.0. The topological polar surface area (TPSA) is 123 Å². The number of aliphatic hydroxyl groups is 3. The Morgan fingerprint density at radius 2 is 2.00 bits per heavy atom. The largest absolute Gasteiger partial charge is 0.394 e. The molecule has 1 saturated carbocycles. The number of anilines is 3. The lowest BCUT2D eigenvalue weighted by Crippen LogP contribution is -2.44. The predicted octanol–water partition coefficient (Wildman–Crippen LogP) is -0.150.